The molecule has 5 heteroatoms. The molecule has 1 aliphatic carbocycles. The number of nitrogens with zero attached hydrogens (tertiary/aromatic N) is 2. The maximum Gasteiger partial charge on any atom is 0.237 e. The van der Waals surface area contributed by atoms with Gasteiger partial charge in [-0.15, -0.1) is 0 Å². The second-order valence-electron chi connectivity index (χ2n) is 5.20. The molecule has 2 atom stereocenters. The predicted molar refractivity (Wildman–Crippen MR) is 70.2 cm³/mol. The van der Waals surface area contributed by atoms with Gasteiger partial charge in [0.15, 0.2) is 0 Å². The molecule has 1 heterocycles. The molecule has 100 valence electrons. The minimum atomic E-state index is -0.538. The smallest absolute Gasteiger partial charge is 0.237 e. The number of carbonyl (C=O) groups excluding carboxylic acids is 1. The van der Waals surface area contributed by atoms with Crippen molar-refractivity contribution >= 4 is 5.91 Å². The summed E-state index contributed by atoms with van der Waals surface area (Å²) in [7, 11) is 0. The van der Waals surface area contributed by atoms with Crippen molar-refractivity contribution in [3.05, 3.63) is 17.7 Å². The minimum absolute atomic E-state index is 0.235. The van der Waals surface area contributed by atoms with Crippen LogP contribution in [-0.2, 0) is 4.79 Å². The number of nitrogens with two attached hydrogens (primary N) is 1. The fraction of sp³-hybridized carbons (Fsp3) is 0.692. The zero-order valence-electron chi connectivity index (χ0n) is 11.4. The first-order valence-electron chi connectivity index (χ1n) is 6.55. The van der Waals surface area contributed by atoms with Gasteiger partial charge in [-0.05, 0) is 39.7 Å². The molecule has 1 saturated carbocycles. The molecule has 1 aliphatic rings. The van der Waals surface area contributed by atoms with Gasteiger partial charge in [0.1, 0.15) is 0 Å². The Balaban J connectivity index is 2.21. The summed E-state index contributed by atoms with van der Waals surface area (Å²) in [4.78, 5) is 16.0. The molecule has 0 saturated heterocycles. The highest BCUT2D eigenvalue weighted by Crippen LogP contribution is 2.38. The Labute approximate surface area is 108 Å². The summed E-state index contributed by atoms with van der Waals surface area (Å²) in [5.41, 5.74) is 7.27. The molecule has 2 unspecified atom stereocenters. The lowest BCUT2D eigenvalue weighted by Gasteiger charge is -2.27. The Morgan fingerprint density at radius 3 is 2.89 bits per heavy atom. The molecule has 3 N–H and O–H groups in total. The van der Waals surface area contributed by atoms with Crippen LogP contribution in [-0.4, -0.2) is 27.5 Å². The summed E-state index contributed by atoms with van der Waals surface area (Å²) in [6, 6.07) is 0.317. The van der Waals surface area contributed by atoms with E-state index in [4.69, 9.17) is 5.73 Å². The van der Waals surface area contributed by atoms with Crippen LogP contribution < -0.4 is 11.1 Å². The molecule has 5 nitrogen and oxygen atoms in total. The maximum atomic E-state index is 11.7. The number of carbonyl (C=O) groups is 1. The van der Waals surface area contributed by atoms with Crippen LogP contribution in [0, 0.1) is 13.8 Å². The van der Waals surface area contributed by atoms with Crippen LogP contribution in [0.2, 0.25) is 0 Å². The van der Waals surface area contributed by atoms with Crippen LogP contribution in [0.5, 0.6) is 0 Å². The van der Waals surface area contributed by atoms with E-state index >= 15 is 0 Å². The van der Waals surface area contributed by atoms with Crippen LogP contribution in [0.25, 0.3) is 0 Å². The second-order valence-corrected chi connectivity index (χ2v) is 5.20. The number of aryl methyl sites for hydroxylation is 1. The van der Waals surface area contributed by atoms with E-state index in [1.54, 1.807) is 0 Å². The van der Waals surface area contributed by atoms with Crippen LogP contribution in [0.3, 0.4) is 0 Å². The predicted octanol–water partition coefficient (Wildman–Crippen LogP) is 1.06. The highest BCUT2D eigenvalue weighted by molar-refractivity contribution is 5.85. The molecule has 0 spiro atoms. The van der Waals surface area contributed by atoms with Crippen molar-refractivity contribution in [2.75, 3.05) is 6.54 Å². The Bertz CT molecular complexity index is 454. The topological polar surface area (TPSA) is 72.9 Å². The zero-order valence-corrected chi connectivity index (χ0v) is 11.4. The average Bonchev–Trinajstić information content (AvgIpc) is 2.87. The van der Waals surface area contributed by atoms with Crippen molar-refractivity contribution in [1.82, 2.24) is 14.9 Å². The number of hydrogen-bond acceptors (Lipinski definition) is 3. The van der Waals surface area contributed by atoms with Gasteiger partial charge < -0.3 is 15.6 Å². The first-order chi connectivity index (χ1) is 8.50. The zero-order chi connectivity index (χ0) is 13.3. The number of imidazole rings is 1. The summed E-state index contributed by atoms with van der Waals surface area (Å²) in [6.45, 7) is 6.84. The van der Waals surface area contributed by atoms with E-state index in [2.05, 4.69) is 21.8 Å². The van der Waals surface area contributed by atoms with E-state index in [0.717, 1.165) is 31.5 Å². The summed E-state index contributed by atoms with van der Waals surface area (Å²) in [5.74, 6) is -0.235. The fourth-order valence-electron chi connectivity index (χ4n) is 2.95. The van der Waals surface area contributed by atoms with Crippen molar-refractivity contribution in [1.29, 1.82) is 0 Å². The third kappa shape index (κ3) is 2.03. The number of primary amides is 1. The van der Waals surface area contributed by atoms with E-state index in [1.807, 2.05) is 20.2 Å². The van der Waals surface area contributed by atoms with Gasteiger partial charge in [-0.3, -0.25) is 4.79 Å². The minimum Gasteiger partial charge on any atom is -0.368 e. The highest BCUT2D eigenvalue weighted by atomic mass is 16.1. The SMILES string of the molecule is CCNC1(C(N)=O)CCC(n2cnc(C)c2C)C1. The fourth-order valence-corrected chi connectivity index (χ4v) is 2.95. The van der Waals surface area contributed by atoms with E-state index in [0.29, 0.717) is 6.04 Å². The summed E-state index contributed by atoms with van der Waals surface area (Å²) in [5, 5.41) is 3.28. The number of aromatic nitrogens is 2. The van der Waals surface area contributed by atoms with Crippen LogP contribution in [0.15, 0.2) is 6.33 Å². The van der Waals surface area contributed by atoms with Gasteiger partial charge in [-0.25, -0.2) is 4.98 Å². The third-order valence-corrected chi connectivity index (χ3v) is 4.16. The van der Waals surface area contributed by atoms with E-state index in [-0.39, 0.29) is 5.91 Å². The molecular weight excluding hydrogens is 228 g/mol. The van der Waals surface area contributed by atoms with Gasteiger partial charge in [0.2, 0.25) is 5.91 Å². The van der Waals surface area contributed by atoms with Crippen LogP contribution >= 0.6 is 0 Å². The first-order valence-corrected chi connectivity index (χ1v) is 6.55. The second kappa shape index (κ2) is 4.72. The molecule has 1 aromatic rings. The quantitative estimate of drug-likeness (QED) is 0.839. The number of hydrogen-bond donors (Lipinski definition) is 2. The van der Waals surface area contributed by atoms with Crippen molar-refractivity contribution in [3.63, 3.8) is 0 Å². The molecule has 0 aromatic carbocycles. The number of amides is 1. The molecule has 1 aromatic heterocycles. The Hall–Kier alpha value is -1.36. The van der Waals surface area contributed by atoms with Gasteiger partial charge in [-0.2, -0.15) is 0 Å². The lowest BCUT2D eigenvalue weighted by Crippen LogP contribution is -2.53. The summed E-state index contributed by atoms with van der Waals surface area (Å²) >= 11 is 0. The molecular formula is C13H22N4O. The van der Waals surface area contributed by atoms with E-state index in [1.165, 1.54) is 5.69 Å². The maximum absolute atomic E-state index is 11.7. The van der Waals surface area contributed by atoms with Gasteiger partial charge in [-0.1, -0.05) is 6.92 Å². The summed E-state index contributed by atoms with van der Waals surface area (Å²) in [6.07, 6.45) is 4.40. The summed E-state index contributed by atoms with van der Waals surface area (Å²) < 4.78 is 2.18. The molecule has 1 amide bonds. The van der Waals surface area contributed by atoms with Gasteiger partial charge in [0, 0.05) is 11.7 Å². The largest absolute Gasteiger partial charge is 0.368 e. The Morgan fingerprint density at radius 1 is 1.67 bits per heavy atom. The normalized spacial score (nSPS) is 27.6. The lowest BCUT2D eigenvalue weighted by molar-refractivity contribution is -0.124. The molecule has 1 fully saturated rings. The lowest BCUT2D eigenvalue weighted by atomic mass is 9.96. The van der Waals surface area contributed by atoms with E-state index < -0.39 is 5.54 Å². The van der Waals surface area contributed by atoms with Crippen LogP contribution in [0.1, 0.15) is 43.6 Å². The highest BCUT2D eigenvalue weighted by Gasteiger charge is 2.44. The van der Waals surface area contributed by atoms with E-state index in [9.17, 15) is 4.79 Å². The van der Waals surface area contributed by atoms with Gasteiger partial charge >= 0.3 is 0 Å². The molecule has 0 radical (unpaired) electrons. The average molecular weight is 250 g/mol. The number of nitrogens with one attached hydrogen (secondary N) is 1. The Kier molecular flexibility index (Phi) is 3.43. The molecule has 0 aliphatic heterocycles. The molecule has 0 bridgehead atoms. The number of likely N-dealkylation sites (N-methyl/N-ethyl adjacent to an activating group) is 1. The van der Waals surface area contributed by atoms with Gasteiger partial charge in [0.05, 0.1) is 17.6 Å². The molecule has 2 rings (SSSR count). The Morgan fingerprint density at radius 2 is 2.39 bits per heavy atom. The van der Waals surface area contributed by atoms with Crippen molar-refractivity contribution in [2.45, 2.75) is 51.6 Å². The van der Waals surface area contributed by atoms with Crippen molar-refractivity contribution in [2.24, 2.45) is 5.73 Å². The number of rotatable bonds is 4. The first kappa shape index (κ1) is 13.1. The van der Waals surface area contributed by atoms with Crippen molar-refractivity contribution in [3.8, 4) is 0 Å². The monoisotopic (exact) mass is 250 g/mol. The molecule has 18 heavy (non-hydrogen) atoms. The standard InChI is InChI=1S/C13H22N4O/c1-4-16-13(12(14)18)6-5-11(7-13)17-8-15-9(2)10(17)3/h8,11,16H,4-7H2,1-3H3,(H2,14,18). The van der Waals surface area contributed by atoms with Gasteiger partial charge in [0.25, 0.3) is 0 Å². The van der Waals surface area contributed by atoms with Crippen molar-refractivity contribution < 1.29 is 4.79 Å². The van der Waals surface area contributed by atoms with Crippen LogP contribution in [0.4, 0.5) is 0 Å². The third-order valence-electron chi connectivity index (χ3n) is 4.16.